The number of rotatable bonds is 11. The van der Waals surface area contributed by atoms with Crippen molar-refractivity contribution in [3.63, 3.8) is 0 Å². The van der Waals surface area contributed by atoms with Crippen molar-refractivity contribution in [2.24, 2.45) is 0 Å². The molecule has 260 valence electrons. The van der Waals surface area contributed by atoms with Crippen molar-refractivity contribution in [2.75, 3.05) is 39.3 Å². The minimum absolute atomic E-state index is 0.0451. The van der Waals surface area contributed by atoms with Gasteiger partial charge in [0.15, 0.2) is 6.10 Å². The molecule has 2 N–H and O–H groups in total. The van der Waals surface area contributed by atoms with Gasteiger partial charge in [-0.3, -0.25) is 19.2 Å². The molecule has 4 amide bonds. The first-order valence-electron chi connectivity index (χ1n) is 16.7. The lowest BCUT2D eigenvalue weighted by Gasteiger charge is -2.35. The predicted octanol–water partition coefficient (Wildman–Crippen LogP) is 3.94. The Balaban J connectivity index is 1.35. The molecule has 0 radical (unpaired) electrons. The second-order valence-electron chi connectivity index (χ2n) is 12.4. The highest BCUT2D eigenvalue weighted by Gasteiger charge is 2.34. The largest absolute Gasteiger partial charge is 0.481 e. The van der Waals surface area contributed by atoms with Gasteiger partial charge in [-0.1, -0.05) is 36.4 Å². The van der Waals surface area contributed by atoms with E-state index in [9.17, 15) is 29.1 Å². The van der Waals surface area contributed by atoms with Crippen LogP contribution in [0.5, 0.6) is 5.75 Å². The number of nitrogens with zero attached hydrogens (tertiary/aromatic N) is 4. The molecule has 2 aromatic carbocycles. The van der Waals surface area contributed by atoms with Gasteiger partial charge in [0.1, 0.15) is 17.5 Å². The highest BCUT2D eigenvalue weighted by molar-refractivity contribution is 5.99. The molecule has 0 bridgehead atoms. The van der Waals surface area contributed by atoms with Gasteiger partial charge in [0.2, 0.25) is 5.91 Å². The zero-order chi connectivity index (χ0) is 35.1. The summed E-state index contributed by atoms with van der Waals surface area (Å²) >= 11 is 0. The van der Waals surface area contributed by atoms with E-state index in [4.69, 9.17) is 9.47 Å². The summed E-state index contributed by atoms with van der Waals surface area (Å²) in [6.45, 7) is 7.04. The number of aliphatic carboxylic acids is 1. The lowest BCUT2D eigenvalue weighted by molar-refractivity contribution is -0.139. The average Bonchev–Trinajstić information content (AvgIpc) is 3.59. The number of nitrogens with one attached hydrogen (secondary N) is 1. The molecule has 5 rings (SSSR count). The second-order valence-corrected chi connectivity index (χ2v) is 12.4. The van der Waals surface area contributed by atoms with Crippen molar-refractivity contribution in [3.8, 4) is 5.75 Å². The van der Waals surface area contributed by atoms with Crippen LogP contribution in [0, 0.1) is 6.92 Å². The molecule has 2 aliphatic heterocycles. The number of carbonyl (C=O) groups is 5. The van der Waals surface area contributed by atoms with Gasteiger partial charge in [-0.2, -0.15) is 0 Å². The number of aryl methyl sites for hydroxylation is 1. The predicted molar refractivity (Wildman–Crippen MR) is 180 cm³/mol. The second kappa shape index (κ2) is 15.8. The molecule has 1 aromatic heterocycles. The molecular weight excluding hydrogens is 630 g/mol. The highest BCUT2D eigenvalue weighted by atomic mass is 16.6. The molecule has 3 heterocycles. The van der Waals surface area contributed by atoms with E-state index in [1.165, 1.54) is 15.9 Å². The number of aromatic nitrogens is 1. The van der Waals surface area contributed by atoms with E-state index in [-0.39, 0.29) is 69.0 Å². The standard InChI is InChI=1S/C36H43N5O8/c1-4-48-36(47)40-19-17-39(18-20-40)35(46)27(14-15-32(42)43)38-33(44)29-22-31(26-13-12-23(2)21-28(26)37-29)49-24(3)34(45)41-16-8-11-30(41)25-9-6-5-7-10-25/h5-7,9-10,12-13,21-22,24,27,30H,4,8,11,14-20H2,1-3H3,(H,38,44)(H,42,43)/t24-,27?,30?/m1/s1. The molecule has 49 heavy (non-hydrogen) atoms. The molecule has 13 nitrogen and oxygen atoms in total. The number of piperazine rings is 1. The number of hydrogen-bond donors (Lipinski definition) is 2. The Morgan fingerprint density at radius 3 is 2.37 bits per heavy atom. The smallest absolute Gasteiger partial charge is 0.409 e. The molecule has 2 unspecified atom stereocenters. The topological polar surface area (TPSA) is 159 Å². The average molecular weight is 674 g/mol. The fourth-order valence-electron chi connectivity index (χ4n) is 6.35. The number of carboxylic acids is 1. The van der Waals surface area contributed by atoms with Gasteiger partial charge in [-0.25, -0.2) is 9.78 Å². The van der Waals surface area contributed by atoms with E-state index in [1.807, 2.05) is 54.3 Å². The molecule has 3 aromatic rings. The highest BCUT2D eigenvalue weighted by Crippen LogP contribution is 2.33. The number of likely N-dealkylation sites (tertiary alicyclic amines) is 1. The normalized spacial score (nSPS) is 17.4. The number of hydrogen-bond acceptors (Lipinski definition) is 8. The Morgan fingerprint density at radius 1 is 0.959 bits per heavy atom. The van der Waals surface area contributed by atoms with Gasteiger partial charge in [-0.15, -0.1) is 0 Å². The molecule has 3 atom stereocenters. The third kappa shape index (κ3) is 8.45. The van der Waals surface area contributed by atoms with Crippen LogP contribution in [0.3, 0.4) is 0 Å². The molecule has 0 aliphatic carbocycles. The van der Waals surface area contributed by atoms with Gasteiger partial charge in [0, 0.05) is 50.6 Å². The zero-order valence-electron chi connectivity index (χ0n) is 28.1. The SMILES string of the molecule is CCOC(=O)N1CCN(C(=O)C(CCC(=O)O)NC(=O)c2cc(O[C@H](C)C(=O)N3CCCC3c3ccccc3)c3ccc(C)cc3n2)CC1. The molecule has 2 saturated heterocycles. The maximum absolute atomic E-state index is 13.7. The number of carbonyl (C=O) groups excluding carboxylic acids is 4. The molecule has 2 fully saturated rings. The van der Waals surface area contributed by atoms with Crippen LogP contribution in [0.1, 0.15) is 67.2 Å². The van der Waals surface area contributed by atoms with Crippen LogP contribution in [0.4, 0.5) is 4.79 Å². The van der Waals surface area contributed by atoms with Crippen LogP contribution < -0.4 is 10.1 Å². The van der Waals surface area contributed by atoms with E-state index < -0.39 is 36.0 Å². The van der Waals surface area contributed by atoms with Gasteiger partial charge in [0.25, 0.3) is 11.8 Å². The van der Waals surface area contributed by atoms with Crippen LogP contribution in [-0.2, 0) is 19.1 Å². The van der Waals surface area contributed by atoms with Crippen molar-refractivity contribution in [2.45, 2.75) is 64.6 Å². The summed E-state index contributed by atoms with van der Waals surface area (Å²) in [5.74, 6) is -2.14. The summed E-state index contributed by atoms with van der Waals surface area (Å²) in [4.78, 5) is 74.0. The van der Waals surface area contributed by atoms with Crippen LogP contribution in [0.2, 0.25) is 0 Å². The summed E-state index contributed by atoms with van der Waals surface area (Å²) < 4.78 is 11.3. The summed E-state index contributed by atoms with van der Waals surface area (Å²) in [5, 5.41) is 12.7. The maximum atomic E-state index is 13.7. The third-order valence-electron chi connectivity index (χ3n) is 8.90. The fraction of sp³-hybridized carbons (Fsp3) is 0.444. The Kier molecular flexibility index (Phi) is 11.3. The lowest BCUT2D eigenvalue weighted by atomic mass is 10.0. The van der Waals surface area contributed by atoms with E-state index >= 15 is 0 Å². The van der Waals surface area contributed by atoms with Crippen molar-refractivity contribution < 1.29 is 38.6 Å². The monoisotopic (exact) mass is 673 g/mol. The van der Waals surface area contributed by atoms with Crippen LogP contribution in [0.15, 0.2) is 54.6 Å². The van der Waals surface area contributed by atoms with Crippen LogP contribution in [0.25, 0.3) is 10.9 Å². The number of benzene rings is 2. The summed E-state index contributed by atoms with van der Waals surface area (Å²) in [7, 11) is 0. The lowest BCUT2D eigenvalue weighted by Crippen LogP contribution is -2.56. The maximum Gasteiger partial charge on any atom is 0.409 e. The minimum Gasteiger partial charge on any atom is -0.481 e. The van der Waals surface area contributed by atoms with E-state index in [0.717, 1.165) is 24.0 Å². The summed E-state index contributed by atoms with van der Waals surface area (Å²) in [6.07, 6.45) is -0.0924. The van der Waals surface area contributed by atoms with Crippen LogP contribution in [-0.4, -0.2) is 106 Å². The first-order valence-corrected chi connectivity index (χ1v) is 16.7. The van der Waals surface area contributed by atoms with Crippen molar-refractivity contribution in [3.05, 3.63) is 71.4 Å². The van der Waals surface area contributed by atoms with E-state index in [0.29, 0.717) is 17.4 Å². The first-order chi connectivity index (χ1) is 23.5. The fourth-order valence-corrected chi connectivity index (χ4v) is 6.35. The third-order valence-corrected chi connectivity index (χ3v) is 8.90. The molecule has 0 saturated carbocycles. The minimum atomic E-state index is -1.15. The molecular formula is C36H43N5O8. The van der Waals surface area contributed by atoms with Gasteiger partial charge >= 0.3 is 12.1 Å². The molecule has 13 heteroatoms. The number of pyridine rings is 1. The van der Waals surface area contributed by atoms with E-state index in [1.54, 1.807) is 19.9 Å². The molecule has 0 spiro atoms. The van der Waals surface area contributed by atoms with Gasteiger partial charge in [0.05, 0.1) is 18.2 Å². The first kappa shape index (κ1) is 35.1. The quantitative estimate of drug-likeness (QED) is 0.308. The van der Waals surface area contributed by atoms with Crippen molar-refractivity contribution >= 4 is 40.7 Å². The number of carboxylic acid groups (broad SMARTS) is 1. The van der Waals surface area contributed by atoms with Crippen molar-refractivity contribution in [1.29, 1.82) is 0 Å². The van der Waals surface area contributed by atoms with E-state index in [2.05, 4.69) is 10.3 Å². The van der Waals surface area contributed by atoms with Crippen LogP contribution >= 0.6 is 0 Å². The van der Waals surface area contributed by atoms with Gasteiger partial charge < -0.3 is 34.6 Å². The number of ether oxygens (including phenoxy) is 2. The Morgan fingerprint density at radius 2 is 1.67 bits per heavy atom. The number of amides is 4. The number of fused-ring (bicyclic) bond motifs is 1. The Hall–Kier alpha value is -5.20. The van der Waals surface area contributed by atoms with Gasteiger partial charge in [-0.05, 0) is 63.3 Å². The Labute approximate surface area is 285 Å². The Bertz CT molecular complexity index is 1690. The summed E-state index contributed by atoms with van der Waals surface area (Å²) in [5.41, 5.74) is 2.38. The van der Waals surface area contributed by atoms with Crippen molar-refractivity contribution in [1.82, 2.24) is 25.0 Å². The summed E-state index contributed by atoms with van der Waals surface area (Å²) in [6, 6.07) is 15.7. The molecule has 2 aliphatic rings. The zero-order valence-corrected chi connectivity index (χ0v) is 28.1.